The fraction of sp³-hybridized carbons (Fsp3) is 0.500. The zero-order valence-electron chi connectivity index (χ0n) is 12.2. The maximum Gasteiger partial charge on any atom is 0.410 e. The molecule has 1 heterocycles. The number of carbonyl (C=O) groups is 1. The van der Waals surface area contributed by atoms with Crippen LogP contribution in [0, 0.1) is 11.3 Å². The van der Waals surface area contributed by atoms with E-state index in [9.17, 15) is 10.1 Å². The molecule has 0 aliphatic carbocycles. The number of nitriles is 1. The highest BCUT2D eigenvalue weighted by Gasteiger charge is 2.42. The standard InChI is InChI=1S/C16H20N2O2/c1-15(2,3)20-14(19)18-10-9-16(11-17,12-18)13-7-5-4-6-8-13/h4-8H,9-10,12H2,1-3H3. The quantitative estimate of drug-likeness (QED) is 0.789. The molecule has 2 rings (SSSR count). The Kier molecular flexibility index (Phi) is 3.71. The minimum absolute atomic E-state index is 0.342. The molecule has 1 aromatic rings. The van der Waals surface area contributed by atoms with E-state index in [-0.39, 0.29) is 6.09 Å². The second-order valence-electron chi connectivity index (χ2n) is 6.21. The Labute approximate surface area is 120 Å². The fourth-order valence-electron chi connectivity index (χ4n) is 2.44. The Bertz CT molecular complexity index is 528. The van der Waals surface area contributed by atoms with Crippen molar-refractivity contribution in [3.05, 3.63) is 35.9 Å². The van der Waals surface area contributed by atoms with Gasteiger partial charge in [-0.15, -0.1) is 0 Å². The van der Waals surface area contributed by atoms with Crippen molar-refractivity contribution in [1.29, 1.82) is 5.26 Å². The smallest absolute Gasteiger partial charge is 0.410 e. The molecule has 0 spiro atoms. The second-order valence-corrected chi connectivity index (χ2v) is 6.21. The van der Waals surface area contributed by atoms with E-state index in [1.54, 1.807) is 4.90 Å². The second kappa shape index (κ2) is 5.16. The fourth-order valence-corrected chi connectivity index (χ4v) is 2.44. The number of hydrogen-bond donors (Lipinski definition) is 0. The van der Waals surface area contributed by atoms with Crippen molar-refractivity contribution in [3.8, 4) is 6.07 Å². The van der Waals surface area contributed by atoms with Gasteiger partial charge in [0.2, 0.25) is 0 Å². The largest absolute Gasteiger partial charge is 0.444 e. The summed E-state index contributed by atoms with van der Waals surface area (Å²) in [5.74, 6) is 0. The molecule has 1 fully saturated rings. The molecule has 1 unspecified atom stereocenters. The van der Waals surface area contributed by atoms with Crippen molar-refractivity contribution < 1.29 is 9.53 Å². The first-order valence-corrected chi connectivity index (χ1v) is 6.81. The summed E-state index contributed by atoms with van der Waals surface area (Å²) in [7, 11) is 0. The predicted octanol–water partition coefficient (Wildman–Crippen LogP) is 3.09. The number of benzene rings is 1. The van der Waals surface area contributed by atoms with Gasteiger partial charge in [0.25, 0.3) is 0 Å². The highest BCUT2D eigenvalue weighted by molar-refractivity contribution is 5.69. The molecule has 0 saturated carbocycles. The molecule has 0 aromatic heterocycles. The van der Waals surface area contributed by atoms with Crippen molar-refractivity contribution >= 4 is 6.09 Å². The average Bonchev–Trinajstić information content (AvgIpc) is 2.84. The van der Waals surface area contributed by atoms with E-state index < -0.39 is 11.0 Å². The molecule has 1 aromatic carbocycles. The van der Waals surface area contributed by atoms with E-state index in [1.165, 1.54) is 0 Å². The number of amides is 1. The average molecular weight is 272 g/mol. The van der Waals surface area contributed by atoms with Crippen molar-refractivity contribution in [2.24, 2.45) is 0 Å². The SMILES string of the molecule is CC(C)(C)OC(=O)N1CCC(C#N)(c2ccccc2)C1. The number of hydrogen-bond acceptors (Lipinski definition) is 3. The van der Waals surface area contributed by atoms with Crippen LogP contribution in [0.5, 0.6) is 0 Å². The van der Waals surface area contributed by atoms with Crippen LogP contribution < -0.4 is 0 Å². The molecule has 1 aliphatic rings. The van der Waals surface area contributed by atoms with Crippen LogP contribution in [0.4, 0.5) is 4.79 Å². The van der Waals surface area contributed by atoms with E-state index in [4.69, 9.17) is 4.74 Å². The van der Waals surface area contributed by atoms with E-state index in [1.807, 2.05) is 51.1 Å². The normalized spacial score (nSPS) is 22.4. The lowest BCUT2D eigenvalue weighted by molar-refractivity contribution is 0.0288. The Morgan fingerprint density at radius 2 is 2.00 bits per heavy atom. The highest BCUT2D eigenvalue weighted by Crippen LogP contribution is 2.34. The van der Waals surface area contributed by atoms with Crippen molar-refractivity contribution in [1.82, 2.24) is 4.90 Å². The molecule has 106 valence electrons. The predicted molar refractivity (Wildman–Crippen MR) is 76.2 cm³/mol. The summed E-state index contributed by atoms with van der Waals surface area (Å²) in [6, 6.07) is 12.1. The van der Waals surface area contributed by atoms with E-state index in [2.05, 4.69) is 6.07 Å². The highest BCUT2D eigenvalue weighted by atomic mass is 16.6. The van der Waals surface area contributed by atoms with Crippen LogP contribution in [0.2, 0.25) is 0 Å². The van der Waals surface area contributed by atoms with Gasteiger partial charge in [0.15, 0.2) is 0 Å². The van der Waals surface area contributed by atoms with Gasteiger partial charge in [0.05, 0.1) is 6.07 Å². The Morgan fingerprint density at radius 3 is 2.55 bits per heavy atom. The molecule has 1 atom stereocenters. The Hall–Kier alpha value is -2.02. The van der Waals surface area contributed by atoms with Crippen molar-refractivity contribution in [2.75, 3.05) is 13.1 Å². The summed E-state index contributed by atoms with van der Waals surface area (Å²) >= 11 is 0. The van der Waals surface area contributed by atoms with Crippen LogP contribution in [0.25, 0.3) is 0 Å². The van der Waals surface area contributed by atoms with Gasteiger partial charge in [-0.3, -0.25) is 0 Å². The number of nitrogens with zero attached hydrogens (tertiary/aromatic N) is 2. The monoisotopic (exact) mass is 272 g/mol. The molecule has 0 N–H and O–H groups in total. The van der Waals surface area contributed by atoms with Crippen molar-refractivity contribution in [3.63, 3.8) is 0 Å². The third-order valence-electron chi connectivity index (χ3n) is 3.46. The van der Waals surface area contributed by atoms with Crippen LogP contribution >= 0.6 is 0 Å². The van der Waals surface area contributed by atoms with Gasteiger partial charge in [0, 0.05) is 13.1 Å². The number of likely N-dealkylation sites (tertiary alicyclic amines) is 1. The Balaban J connectivity index is 2.15. The van der Waals surface area contributed by atoms with Crippen LogP contribution in [0.1, 0.15) is 32.8 Å². The molecular formula is C16H20N2O2. The topological polar surface area (TPSA) is 53.3 Å². The van der Waals surface area contributed by atoms with E-state index in [0.29, 0.717) is 19.5 Å². The molecule has 0 bridgehead atoms. The molecule has 0 radical (unpaired) electrons. The number of rotatable bonds is 1. The molecular weight excluding hydrogens is 252 g/mol. The summed E-state index contributed by atoms with van der Waals surface area (Å²) in [5.41, 5.74) is -0.159. The molecule has 20 heavy (non-hydrogen) atoms. The molecule has 1 saturated heterocycles. The first kappa shape index (κ1) is 14.4. The van der Waals surface area contributed by atoms with Gasteiger partial charge in [-0.05, 0) is 32.8 Å². The minimum Gasteiger partial charge on any atom is -0.444 e. The molecule has 1 aliphatic heterocycles. The summed E-state index contributed by atoms with van der Waals surface area (Å²) in [4.78, 5) is 13.7. The zero-order valence-corrected chi connectivity index (χ0v) is 12.2. The van der Waals surface area contributed by atoms with Crippen LogP contribution in [0.3, 0.4) is 0 Å². The summed E-state index contributed by atoms with van der Waals surface area (Å²) in [6.07, 6.45) is 0.304. The summed E-state index contributed by atoms with van der Waals surface area (Å²) in [6.45, 7) is 6.47. The summed E-state index contributed by atoms with van der Waals surface area (Å²) in [5, 5.41) is 9.57. The maximum absolute atomic E-state index is 12.1. The Morgan fingerprint density at radius 1 is 1.35 bits per heavy atom. The maximum atomic E-state index is 12.1. The molecule has 4 heteroatoms. The van der Waals surface area contributed by atoms with Gasteiger partial charge in [-0.1, -0.05) is 30.3 Å². The number of ether oxygens (including phenoxy) is 1. The van der Waals surface area contributed by atoms with Gasteiger partial charge in [-0.2, -0.15) is 5.26 Å². The van der Waals surface area contributed by atoms with Gasteiger partial charge in [-0.25, -0.2) is 4.79 Å². The molecule has 1 amide bonds. The summed E-state index contributed by atoms with van der Waals surface area (Å²) < 4.78 is 5.37. The van der Waals surface area contributed by atoms with Gasteiger partial charge >= 0.3 is 6.09 Å². The zero-order chi connectivity index (χ0) is 14.8. The lowest BCUT2D eigenvalue weighted by atomic mass is 9.81. The third kappa shape index (κ3) is 2.93. The third-order valence-corrected chi connectivity index (χ3v) is 3.46. The van der Waals surface area contributed by atoms with E-state index >= 15 is 0 Å². The van der Waals surface area contributed by atoms with Crippen molar-refractivity contribution in [2.45, 2.75) is 38.2 Å². The van der Waals surface area contributed by atoms with E-state index in [0.717, 1.165) is 5.56 Å². The van der Waals surface area contributed by atoms with Gasteiger partial charge in [0.1, 0.15) is 11.0 Å². The lowest BCUT2D eigenvalue weighted by Gasteiger charge is -2.26. The minimum atomic E-state index is -0.613. The van der Waals surface area contributed by atoms with Crippen LogP contribution in [0.15, 0.2) is 30.3 Å². The van der Waals surface area contributed by atoms with Crippen LogP contribution in [-0.2, 0) is 10.2 Å². The van der Waals surface area contributed by atoms with Gasteiger partial charge < -0.3 is 9.64 Å². The number of carbonyl (C=O) groups excluding carboxylic acids is 1. The lowest BCUT2D eigenvalue weighted by Crippen LogP contribution is -2.37. The first-order valence-electron chi connectivity index (χ1n) is 6.81. The molecule has 4 nitrogen and oxygen atoms in total. The van der Waals surface area contributed by atoms with Crippen LogP contribution in [-0.4, -0.2) is 29.7 Å². The first-order chi connectivity index (χ1) is 9.36.